The van der Waals surface area contributed by atoms with Crippen LogP contribution in [0.15, 0.2) is 24.3 Å². The lowest BCUT2D eigenvalue weighted by atomic mass is 9.98. The number of benzene rings is 1. The molecule has 3 heteroatoms. The van der Waals surface area contributed by atoms with Crippen molar-refractivity contribution < 1.29 is 9.18 Å². The van der Waals surface area contributed by atoms with Crippen LogP contribution in [-0.2, 0) is 4.79 Å². The Balaban J connectivity index is 0.000000861. The van der Waals surface area contributed by atoms with Crippen LogP contribution in [0.25, 0.3) is 0 Å². The zero-order chi connectivity index (χ0) is 14.3. The Labute approximate surface area is 115 Å². The Morgan fingerprint density at radius 3 is 2.26 bits per heavy atom. The maximum atomic E-state index is 13.8. The molecule has 0 spiro atoms. The summed E-state index contributed by atoms with van der Waals surface area (Å²) < 4.78 is 13.8. The molecule has 2 nitrogen and oxygen atoms in total. The Hall–Kier alpha value is -1.22. The summed E-state index contributed by atoms with van der Waals surface area (Å²) >= 11 is 0. The average Bonchev–Trinajstić information content (AvgIpc) is 2.44. The van der Waals surface area contributed by atoms with Crippen molar-refractivity contribution in [3.05, 3.63) is 35.6 Å². The van der Waals surface area contributed by atoms with Gasteiger partial charge in [0.25, 0.3) is 0 Å². The van der Waals surface area contributed by atoms with Crippen molar-refractivity contribution in [2.45, 2.75) is 46.1 Å². The lowest BCUT2D eigenvalue weighted by Crippen LogP contribution is -2.37. The smallest absolute Gasteiger partial charge is 0.151 e. The first kappa shape index (κ1) is 15.8. The minimum Gasteiger partial charge on any atom is -0.298 e. The Morgan fingerprint density at radius 2 is 1.74 bits per heavy atom. The van der Waals surface area contributed by atoms with Gasteiger partial charge in [0, 0.05) is 5.56 Å². The third kappa shape index (κ3) is 4.13. The van der Waals surface area contributed by atoms with E-state index in [0.717, 1.165) is 25.9 Å². The highest BCUT2D eigenvalue weighted by Crippen LogP contribution is 2.27. The van der Waals surface area contributed by atoms with Crippen molar-refractivity contribution in [3.63, 3.8) is 0 Å². The minimum absolute atomic E-state index is 0.0250. The Bertz CT molecular complexity index is 399. The molecule has 0 aromatic heterocycles. The zero-order valence-electron chi connectivity index (χ0n) is 12.2. The number of likely N-dealkylation sites (tertiary alicyclic amines) is 1. The first-order valence-corrected chi connectivity index (χ1v) is 7.19. The molecule has 1 aromatic rings. The molecule has 0 saturated carbocycles. The van der Waals surface area contributed by atoms with Gasteiger partial charge < -0.3 is 0 Å². The van der Waals surface area contributed by atoms with E-state index >= 15 is 0 Å². The molecule has 0 aliphatic carbocycles. The highest BCUT2D eigenvalue weighted by molar-refractivity contribution is 5.83. The number of piperidine rings is 1. The normalized spacial score (nSPS) is 17.3. The number of halogens is 1. The largest absolute Gasteiger partial charge is 0.298 e. The third-order valence-corrected chi connectivity index (χ3v) is 3.34. The Kier molecular flexibility index (Phi) is 6.71. The van der Waals surface area contributed by atoms with Crippen LogP contribution in [0.2, 0.25) is 0 Å². The molecule has 0 amide bonds. The fraction of sp³-hybridized carbons (Fsp3) is 0.562. The molecule has 0 radical (unpaired) electrons. The molecule has 1 fully saturated rings. The fourth-order valence-corrected chi connectivity index (χ4v) is 2.55. The number of nitrogens with zero attached hydrogens (tertiary/aromatic N) is 1. The SMILES string of the molecule is CC.CC(=O)C(c1ccccc1F)N1CCCCC1. The van der Waals surface area contributed by atoms with Gasteiger partial charge in [-0.15, -0.1) is 0 Å². The van der Waals surface area contributed by atoms with Crippen LogP contribution in [0.4, 0.5) is 4.39 Å². The summed E-state index contributed by atoms with van der Waals surface area (Å²) in [5.74, 6) is -0.254. The summed E-state index contributed by atoms with van der Waals surface area (Å²) in [6.45, 7) is 7.32. The van der Waals surface area contributed by atoms with Gasteiger partial charge in [-0.05, 0) is 38.9 Å². The van der Waals surface area contributed by atoms with Gasteiger partial charge in [-0.2, -0.15) is 0 Å². The van der Waals surface area contributed by atoms with Crippen molar-refractivity contribution in [2.24, 2.45) is 0 Å². The van der Waals surface area contributed by atoms with Crippen LogP contribution in [0, 0.1) is 5.82 Å². The van der Waals surface area contributed by atoms with E-state index in [1.807, 2.05) is 13.8 Å². The molecule has 2 rings (SSSR count). The van der Waals surface area contributed by atoms with Crippen LogP contribution in [0.5, 0.6) is 0 Å². The molecule has 1 aliphatic rings. The molecule has 0 bridgehead atoms. The molecular formula is C16H24FNO. The predicted molar refractivity (Wildman–Crippen MR) is 76.6 cm³/mol. The van der Waals surface area contributed by atoms with Crippen molar-refractivity contribution in [2.75, 3.05) is 13.1 Å². The van der Waals surface area contributed by atoms with Crippen molar-refractivity contribution >= 4 is 5.78 Å². The quantitative estimate of drug-likeness (QED) is 0.824. The standard InChI is InChI=1S/C14H18FNO.C2H6/c1-11(17)14(16-9-5-2-6-10-16)12-7-3-4-8-13(12)15;1-2/h3-4,7-8,14H,2,5-6,9-10H2,1H3;1-2H3. The van der Waals surface area contributed by atoms with Gasteiger partial charge in [-0.25, -0.2) is 4.39 Å². The van der Waals surface area contributed by atoms with Crippen LogP contribution < -0.4 is 0 Å². The van der Waals surface area contributed by atoms with E-state index in [1.165, 1.54) is 12.5 Å². The topological polar surface area (TPSA) is 20.3 Å². The maximum Gasteiger partial charge on any atom is 0.151 e. The number of carbonyl (C=O) groups excluding carboxylic acids is 1. The van der Waals surface area contributed by atoms with E-state index < -0.39 is 6.04 Å². The third-order valence-electron chi connectivity index (χ3n) is 3.34. The molecule has 106 valence electrons. The maximum absolute atomic E-state index is 13.8. The summed E-state index contributed by atoms with van der Waals surface area (Å²) in [7, 11) is 0. The fourth-order valence-electron chi connectivity index (χ4n) is 2.55. The number of Topliss-reactive ketones (excluding diaryl/α,β-unsaturated/α-hetero) is 1. The summed E-state index contributed by atoms with van der Waals surface area (Å²) in [5.41, 5.74) is 0.516. The van der Waals surface area contributed by atoms with E-state index in [4.69, 9.17) is 0 Å². The summed E-state index contributed by atoms with van der Waals surface area (Å²) in [6, 6.07) is 6.19. The van der Waals surface area contributed by atoms with Crippen molar-refractivity contribution in [1.82, 2.24) is 4.90 Å². The second kappa shape index (κ2) is 8.05. The monoisotopic (exact) mass is 265 g/mol. The number of hydrogen-bond donors (Lipinski definition) is 0. The summed E-state index contributed by atoms with van der Waals surface area (Å²) in [4.78, 5) is 13.9. The molecule has 1 aliphatic heterocycles. The van der Waals surface area contributed by atoms with Crippen molar-refractivity contribution in [1.29, 1.82) is 0 Å². The molecule has 1 atom stereocenters. The van der Waals surface area contributed by atoms with Gasteiger partial charge in [-0.3, -0.25) is 9.69 Å². The second-order valence-corrected chi connectivity index (χ2v) is 4.63. The van der Waals surface area contributed by atoms with Crippen LogP contribution in [0.3, 0.4) is 0 Å². The summed E-state index contributed by atoms with van der Waals surface area (Å²) in [5, 5.41) is 0. The van der Waals surface area contributed by atoms with Crippen LogP contribution >= 0.6 is 0 Å². The predicted octanol–water partition coefficient (Wildman–Crippen LogP) is 3.97. The molecular weight excluding hydrogens is 241 g/mol. The number of rotatable bonds is 3. The molecule has 1 unspecified atom stereocenters. The highest BCUT2D eigenvalue weighted by atomic mass is 19.1. The Morgan fingerprint density at radius 1 is 1.16 bits per heavy atom. The van der Waals surface area contributed by atoms with E-state index in [-0.39, 0.29) is 11.6 Å². The number of ketones is 1. The first-order valence-electron chi connectivity index (χ1n) is 7.19. The lowest BCUT2D eigenvalue weighted by Gasteiger charge is -2.33. The van der Waals surface area contributed by atoms with Crippen molar-refractivity contribution in [3.8, 4) is 0 Å². The summed E-state index contributed by atoms with van der Waals surface area (Å²) in [6.07, 6.45) is 3.40. The van der Waals surface area contributed by atoms with Gasteiger partial charge in [-0.1, -0.05) is 38.5 Å². The first-order chi connectivity index (χ1) is 9.20. The molecule has 19 heavy (non-hydrogen) atoms. The molecule has 1 saturated heterocycles. The highest BCUT2D eigenvalue weighted by Gasteiger charge is 2.27. The van der Waals surface area contributed by atoms with Gasteiger partial charge in [0.15, 0.2) is 5.78 Å². The number of hydrogen-bond acceptors (Lipinski definition) is 2. The molecule has 0 N–H and O–H groups in total. The van der Waals surface area contributed by atoms with E-state index in [0.29, 0.717) is 5.56 Å². The second-order valence-electron chi connectivity index (χ2n) is 4.63. The average molecular weight is 265 g/mol. The van der Waals surface area contributed by atoms with Gasteiger partial charge in [0.2, 0.25) is 0 Å². The molecule has 1 heterocycles. The molecule has 1 aromatic carbocycles. The lowest BCUT2D eigenvalue weighted by molar-refractivity contribution is -0.122. The minimum atomic E-state index is -0.406. The van der Waals surface area contributed by atoms with E-state index in [1.54, 1.807) is 25.1 Å². The van der Waals surface area contributed by atoms with E-state index in [2.05, 4.69) is 4.90 Å². The van der Waals surface area contributed by atoms with Gasteiger partial charge in [0.1, 0.15) is 5.82 Å². The van der Waals surface area contributed by atoms with Crippen LogP contribution in [-0.4, -0.2) is 23.8 Å². The number of carbonyl (C=O) groups is 1. The zero-order valence-corrected chi connectivity index (χ0v) is 12.2. The van der Waals surface area contributed by atoms with E-state index in [9.17, 15) is 9.18 Å². The van der Waals surface area contributed by atoms with Gasteiger partial charge in [0.05, 0.1) is 6.04 Å². The van der Waals surface area contributed by atoms with Gasteiger partial charge >= 0.3 is 0 Å². The van der Waals surface area contributed by atoms with Crippen LogP contribution in [0.1, 0.15) is 51.6 Å².